The van der Waals surface area contributed by atoms with E-state index in [0.717, 1.165) is 33.6 Å². The van der Waals surface area contributed by atoms with Crippen molar-refractivity contribution in [1.29, 1.82) is 0 Å². The summed E-state index contributed by atoms with van der Waals surface area (Å²) in [6.07, 6.45) is 0. The van der Waals surface area contributed by atoms with Gasteiger partial charge in [0.25, 0.3) is 11.0 Å². The SMILES string of the molecule is Nc1ccc2c[c]([Na])ccc2c1.O=[SH](=O)O. The molecule has 0 aliphatic heterocycles. The first-order chi connectivity index (χ1) is 7.49. The second-order valence-electron chi connectivity index (χ2n) is 3.35. The molecule has 2 aromatic rings. The fourth-order valence-electron chi connectivity index (χ4n) is 1.38. The molecule has 0 spiro atoms. The predicted octanol–water partition coefficient (Wildman–Crippen LogP) is 0.287. The molecule has 2 rings (SSSR count). The molecular weight excluding hydrogens is 237 g/mol. The summed E-state index contributed by atoms with van der Waals surface area (Å²) in [5, 5.41) is 2.52. The molecule has 0 radical (unpaired) electrons. The van der Waals surface area contributed by atoms with E-state index in [1.807, 2.05) is 12.1 Å². The molecule has 0 aliphatic rings. The smallest absolute Gasteiger partial charge is 0.254 e. The number of nitrogen functional groups attached to an aromatic ring is 1. The van der Waals surface area contributed by atoms with Crippen molar-refractivity contribution in [3.8, 4) is 0 Å². The Bertz CT molecular complexity index is 520. The van der Waals surface area contributed by atoms with Crippen molar-refractivity contribution in [2.45, 2.75) is 0 Å². The molecule has 0 bridgehead atoms. The van der Waals surface area contributed by atoms with Gasteiger partial charge in [0.1, 0.15) is 0 Å². The number of benzene rings is 2. The average molecular weight is 247 g/mol. The maximum atomic E-state index is 8.59. The first-order valence-corrected chi connectivity index (χ1v) is 6.71. The summed E-state index contributed by atoms with van der Waals surface area (Å²) in [5.41, 5.74) is 6.51. The van der Waals surface area contributed by atoms with E-state index in [9.17, 15) is 0 Å². The molecule has 0 saturated carbocycles. The molecular formula is C10H10NNaO3S. The maximum absolute atomic E-state index is 8.59. The van der Waals surface area contributed by atoms with Crippen molar-refractivity contribution in [3.05, 3.63) is 36.4 Å². The zero-order valence-electron chi connectivity index (χ0n) is 8.75. The Hall–Kier alpha value is -0.590. The van der Waals surface area contributed by atoms with Crippen LogP contribution in [0.3, 0.4) is 0 Å². The molecule has 0 unspecified atom stereocenters. The van der Waals surface area contributed by atoms with Crippen molar-refractivity contribution in [2.75, 3.05) is 5.73 Å². The van der Waals surface area contributed by atoms with Gasteiger partial charge in [-0.2, -0.15) is 0 Å². The number of anilines is 1. The Kier molecular flexibility index (Phi) is 5.24. The number of nitrogens with two attached hydrogens (primary N) is 1. The quantitative estimate of drug-likeness (QED) is 0.270. The molecule has 0 aliphatic carbocycles. The van der Waals surface area contributed by atoms with E-state index in [2.05, 4.69) is 24.3 Å². The van der Waals surface area contributed by atoms with Crippen molar-refractivity contribution < 1.29 is 13.0 Å². The van der Waals surface area contributed by atoms with E-state index < -0.39 is 11.0 Å². The van der Waals surface area contributed by atoms with Crippen molar-refractivity contribution in [1.82, 2.24) is 0 Å². The zero-order chi connectivity index (χ0) is 12.1. The summed E-state index contributed by atoms with van der Waals surface area (Å²) in [4.78, 5) is 0. The summed E-state index contributed by atoms with van der Waals surface area (Å²) >= 11 is 1.11. The van der Waals surface area contributed by atoms with Crippen LogP contribution in [-0.2, 0) is 11.0 Å². The molecule has 0 amide bonds. The maximum Gasteiger partial charge on any atom is 0.254 e. The number of hydrogen-bond donors (Lipinski definition) is 3. The van der Waals surface area contributed by atoms with Crippen LogP contribution in [0.2, 0.25) is 0 Å². The normalized spacial score (nSPS) is 10.0. The van der Waals surface area contributed by atoms with Gasteiger partial charge >= 0.3 is 89.3 Å². The molecule has 2 aromatic carbocycles. The van der Waals surface area contributed by atoms with Gasteiger partial charge in [0.15, 0.2) is 0 Å². The van der Waals surface area contributed by atoms with Crippen LogP contribution in [0.4, 0.5) is 5.69 Å². The predicted molar refractivity (Wildman–Crippen MR) is 66.7 cm³/mol. The van der Waals surface area contributed by atoms with Gasteiger partial charge < -0.3 is 0 Å². The van der Waals surface area contributed by atoms with Gasteiger partial charge in [0.05, 0.1) is 0 Å². The second-order valence-corrected chi connectivity index (χ2v) is 4.98. The van der Waals surface area contributed by atoms with Gasteiger partial charge in [-0.1, -0.05) is 0 Å². The van der Waals surface area contributed by atoms with Crippen LogP contribution in [0.1, 0.15) is 0 Å². The first kappa shape index (κ1) is 13.5. The molecule has 16 heavy (non-hydrogen) atoms. The molecule has 0 heterocycles. The van der Waals surface area contributed by atoms with Crippen molar-refractivity contribution in [2.24, 2.45) is 0 Å². The summed E-state index contributed by atoms with van der Waals surface area (Å²) in [7, 11) is -3.12. The van der Waals surface area contributed by atoms with Crippen LogP contribution in [0.25, 0.3) is 10.8 Å². The number of fused-ring (bicyclic) bond motifs is 1. The van der Waals surface area contributed by atoms with Crippen LogP contribution >= 0.6 is 0 Å². The van der Waals surface area contributed by atoms with Gasteiger partial charge in [-0.15, -0.1) is 0 Å². The third-order valence-electron chi connectivity index (χ3n) is 2.02. The Balaban J connectivity index is 0.000000280. The van der Waals surface area contributed by atoms with Gasteiger partial charge in [0.2, 0.25) is 0 Å². The first-order valence-electron chi connectivity index (χ1n) is 4.58. The second kappa shape index (κ2) is 6.22. The standard InChI is InChI=1S/C10H8N.Na.H2O3S/c11-10-6-5-8-3-1-2-4-9(8)7-10;;1-4(2)3/h2-7H,11H2;;4H,(H,1,2,3). The Morgan fingerprint density at radius 1 is 1.06 bits per heavy atom. The third kappa shape index (κ3) is 4.51. The topological polar surface area (TPSA) is 80.4 Å². The molecule has 80 valence electrons. The van der Waals surface area contributed by atoms with Crippen LogP contribution in [0.5, 0.6) is 0 Å². The number of hydrogen-bond acceptors (Lipinski definition) is 3. The van der Waals surface area contributed by atoms with Crippen LogP contribution in [0, 0.1) is 0 Å². The Labute approximate surface area is 113 Å². The third-order valence-corrected chi connectivity index (χ3v) is 2.64. The van der Waals surface area contributed by atoms with Crippen LogP contribution in [-0.4, -0.2) is 40.9 Å². The molecule has 0 fully saturated rings. The molecule has 0 atom stereocenters. The number of rotatable bonds is 0. The van der Waals surface area contributed by atoms with Gasteiger partial charge in [-0.25, -0.2) is 8.42 Å². The summed E-state index contributed by atoms with van der Waals surface area (Å²) in [5.74, 6) is 0. The fourth-order valence-corrected chi connectivity index (χ4v) is 1.86. The van der Waals surface area contributed by atoms with Crippen molar-refractivity contribution in [3.63, 3.8) is 0 Å². The van der Waals surface area contributed by atoms with E-state index in [4.69, 9.17) is 18.7 Å². The zero-order valence-corrected chi connectivity index (χ0v) is 11.6. The Morgan fingerprint density at radius 2 is 1.56 bits per heavy atom. The van der Waals surface area contributed by atoms with Gasteiger partial charge in [0, 0.05) is 0 Å². The fraction of sp³-hybridized carbons (Fsp3) is 0. The monoisotopic (exact) mass is 247 g/mol. The summed E-state index contributed by atoms with van der Waals surface area (Å²) < 4.78 is 25.6. The Morgan fingerprint density at radius 3 is 2.19 bits per heavy atom. The summed E-state index contributed by atoms with van der Waals surface area (Å²) in [6, 6.07) is 12.6. The largest absolute Gasteiger partial charge is 0.288 e. The van der Waals surface area contributed by atoms with Crippen LogP contribution in [0.15, 0.2) is 36.4 Å². The van der Waals surface area contributed by atoms with E-state index in [0.29, 0.717) is 0 Å². The number of thiol groups is 1. The van der Waals surface area contributed by atoms with E-state index in [-0.39, 0.29) is 0 Å². The van der Waals surface area contributed by atoms with Crippen molar-refractivity contribution >= 4 is 58.2 Å². The molecule has 0 saturated heterocycles. The molecule has 3 N–H and O–H groups in total. The van der Waals surface area contributed by atoms with E-state index in [1.54, 1.807) is 0 Å². The minimum Gasteiger partial charge on any atom is -0.288 e. The van der Waals surface area contributed by atoms with Gasteiger partial charge in [-0.3, -0.25) is 4.55 Å². The van der Waals surface area contributed by atoms with Crippen LogP contribution < -0.4 is 8.55 Å². The minimum atomic E-state index is -3.12. The van der Waals surface area contributed by atoms with E-state index >= 15 is 0 Å². The van der Waals surface area contributed by atoms with E-state index in [1.165, 1.54) is 13.6 Å². The van der Waals surface area contributed by atoms with Gasteiger partial charge in [-0.05, 0) is 0 Å². The molecule has 0 aromatic heterocycles. The summed E-state index contributed by atoms with van der Waals surface area (Å²) in [6.45, 7) is 0. The minimum absolute atomic E-state index is 0.837. The average Bonchev–Trinajstić information content (AvgIpc) is 2.17. The molecule has 6 heteroatoms. The molecule has 4 nitrogen and oxygen atoms in total.